The highest BCUT2D eigenvalue weighted by molar-refractivity contribution is 5.80. The number of aryl methyl sites for hydroxylation is 1. The van der Waals surface area contributed by atoms with Crippen molar-refractivity contribution < 1.29 is 5.11 Å². The SMILES string of the molecule is Cc1cc2[nH]ncc2cc1C#CCO. The van der Waals surface area contributed by atoms with Gasteiger partial charge in [-0.3, -0.25) is 5.10 Å². The molecule has 1 aromatic heterocycles. The molecule has 0 saturated carbocycles. The maximum absolute atomic E-state index is 8.60. The maximum atomic E-state index is 8.60. The Bertz CT molecular complexity index is 517. The predicted octanol–water partition coefficient (Wildman–Crippen LogP) is 1.22. The van der Waals surface area contributed by atoms with Gasteiger partial charge >= 0.3 is 0 Å². The van der Waals surface area contributed by atoms with Crippen LogP contribution in [0.5, 0.6) is 0 Å². The number of aliphatic hydroxyl groups is 1. The molecule has 0 amide bonds. The van der Waals surface area contributed by atoms with Crippen molar-refractivity contribution in [1.29, 1.82) is 0 Å². The van der Waals surface area contributed by atoms with Crippen LogP contribution in [0.2, 0.25) is 0 Å². The van der Waals surface area contributed by atoms with Gasteiger partial charge in [-0.2, -0.15) is 5.10 Å². The van der Waals surface area contributed by atoms with Crippen molar-refractivity contribution in [3.05, 3.63) is 29.5 Å². The highest BCUT2D eigenvalue weighted by Crippen LogP contribution is 2.16. The quantitative estimate of drug-likeness (QED) is 0.608. The van der Waals surface area contributed by atoms with Gasteiger partial charge in [0.1, 0.15) is 6.61 Å². The summed E-state index contributed by atoms with van der Waals surface area (Å²) >= 11 is 0. The second-order valence-corrected chi connectivity index (χ2v) is 3.08. The fourth-order valence-corrected chi connectivity index (χ4v) is 1.37. The monoisotopic (exact) mass is 186 g/mol. The molecule has 0 spiro atoms. The molecule has 1 heterocycles. The van der Waals surface area contributed by atoms with E-state index in [1.807, 2.05) is 19.1 Å². The van der Waals surface area contributed by atoms with Crippen molar-refractivity contribution in [3.63, 3.8) is 0 Å². The number of fused-ring (bicyclic) bond motifs is 1. The van der Waals surface area contributed by atoms with Gasteiger partial charge in [0.05, 0.1) is 11.7 Å². The van der Waals surface area contributed by atoms with E-state index in [0.29, 0.717) is 0 Å². The number of aliphatic hydroxyl groups excluding tert-OH is 1. The molecule has 2 N–H and O–H groups in total. The Kier molecular flexibility index (Phi) is 2.21. The van der Waals surface area contributed by atoms with E-state index < -0.39 is 0 Å². The molecule has 0 aliphatic carbocycles. The van der Waals surface area contributed by atoms with E-state index in [-0.39, 0.29) is 6.61 Å². The molecule has 0 bridgehead atoms. The molecule has 70 valence electrons. The lowest BCUT2D eigenvalue weighted by atomic mass is 10.1. The summed E-state index contributed by atoms with van der Waals surface area (Å²) in [4.78, 5) is 0. The molecule has 0 radical (unpaired) electrons. The number of aromatic nitrogens is 2. The molecule has 3 nitrogen and oxygen atoms in total. The van der Waals surface area contributed by atoms with Gasteiger partial charge in [0.2, 0.25) is 0 Å². The lowest BCUT2D eigenvalue weighted by Crippen LogP contribution is -1.83. The highest BCUT2D eigenvalue weighted by atomic mass is 16.2. The summed E-state index contributed by atoms with van der Waals surface area (Å²) in [5.74, 6) is 5.54. The molecule has 0 aliphatic rings. The lowest BCUT2D eigenvalue weighted by Gasteiger charge is -1.97. The van der Waals surface area contributed by atoms with Gasteiger partial charge in [-0.1, -0.05) is 11.8 Å². The maximum Gasteiger partial charge on any atom is 0.104 e. The van der Waals surface area contributed by atoms with Gasteiger partial charge in [-0.15, -0.1) is 0 Å². The number of nitrogens with zero attached hydrogens (tertiary/aromatic N) is 1. The first-order valence-electron chi connectivity index (χ1n) is 4.34. The molecule has 3 heteroatoms. The minimum atomic E-state index is -0.108. The van der Waals surface area contributed by atoms with Gasteiger partial charge in [0.25, 0.3) is 0 Å². The van der Waals surface area contributed by atoms with Crippen LogP contribution < -0.4 is 0 Å². The average Bonchev–Trinajstić information content (AvgIpc) is 2.61. The number of H-pyrrole nitrogens is 1. The van der Waals surface area contributed by atoms with E-state index in [1.165, 1.54) is 0 Å². The van der Waals surface area contributed by atoms with E-state index in [4.69, 9.17) is 5.11 Å². The van der Waals surface area contributed by atoms with Crippen LogP contribution in [-0.2, 0) is 0 Å². The van der Waals surface area contributed by atoms with Gasteiger partial charge < -0.3 is 5.11 Å². The van der Waals surface area contributed by atoms with Crippen LogP contribution in [0.4, 0.5) is 0 Å². The number of benzene rings is 1. The van der Waals surface area contributed by atoms with Crippen molar-refractivity contribution >= 4 is 10.9 Å². The van der Waals surface area contributed by atoms with Crippen LogP contribution in [-0.4, -0.2) is 21.9 Å². The summed E-state index contributed by atoms with van der Waals surface area (Å²) in [6, 6.07) is 3.97. The summed E-state index contributed by atoms with van der Waals surface area (Å²) in [5, 5.41) is 16.5. The number of nitrogens with one attached hydrogen (secondary N) is 1. The summed E-state index contributed by atoms with van der Waals surface area (Å²) in [5.41, 5.74) is 3.03. The number of hydrogen-bond donors (Lipinski definition) is 2. The van der Waals surface area contributed by atoms with Crippen LogP contribution in [0.3, 0.4) is 0 Å². The van der Waals surface area contributed by atoms with E-state index in [2.05, 4.69) is 22.0 Å². The Morgan fingerprint density at radius 1 is 1.50 bits per heavy atom. The fraction of sp³-hybridized carbons (Fsp3) is 0.182. The standard InChI is InChI=1S/C11H10N2O/c1-8-5-11-10(7-12-13-11)6-9(8)3-2-4-14/h5-7,14H,4H2,1H3,(H,12,13). The molecule has 1 aromatic carbocycles. The molecule has 0 atom stereocenters. The molecular formula is C11H10N2O. The number of aromatic amines is 1. The predicted molar refractivity (Wildman–Crippen MR) is 54.8 cm³/mol. The summed E-state index contributed by atoms with van der Waals surface area (Å²) in [7, 11) is 0. The Hall–Kier alpha value is -1.79. The number of rotatable bonds is 0. The highest BCUT2D eigenvalue weighted by Gasteiger charge is 1.99. The first-order chi connectivity index (χ1) is 6.81. The lowest BCUT2D eigenvalue weighted by molar-refractivity contribution is 0.350. The normalized spacial score (nSPS) is 9.86. The molecule has 2 aromatic rings. The van der Waals surface area contributed by atoms with Gasteiger partial charge in [0, 0.05) is 10.9 Å². The molecule has 0 fully saturated rings. The van der Waals surface area contributed by atoms with Crippen molar-refractivity contribution in [2.75, 3.05) is 6.61 Å². The second kappa shape index (κ2) is 3.52. The Morgan fingerprint density at radius 2 is 2.36 bits per heavy atom. The minimum absolute atomic E-state index is 0.108. The van der Waals surface area contributed by atoms with Gasteiger partial charge in [-0.25, -0.2) is 0 Å². The van der Waals surface area contributed by atoms with E-state index in [0.717, 1.165) is 22.0 Å². The topological polar surface area (TPSA) is 48.9 Å². The number of hydrogen-bond acceptors (Lipinski definition) is 2. The van der Waals surface area contributed by atoms with E-state index >= 15 is 0 Å². The smallest absolute Gasteiger partial charge is 0.104 e. The zero-order chi connectivity index (χ0) is 9.97. The van der Waals surface area contributed by atoms with E-state index in [1.54, 1.807) is 6.20 Å². The Balaban J connectivity index is 2.59. The van der Waals surface area contributed by atoms with E-state index in [9.17, 15) is 0 Å². The summed E-state index contributed by atoms with van der Waals surface area (Å²) in [6.07, 6.45) is 1.76. The zero-order valence-electron chi connectivity index (χ0n) is 7.83. The molecule has 2 rings (SSSR count). The largest absolute Gasteiger partial charge is 0.384 e. The van der Waals surface area contributed by atoms with Gasteiger partial charge in [0.15, 0.2) is 0 Å². The molecule has 0 unspecified atom stereocenters. The fourth-order valence-electron chi connectivity index (χ4n) is 1.37. The van der Waals surface area contributed by atoms with Crippen molar-refractivity contribution in [1.82, 2.24) is 10.2 Å². The van der Waals surface area contributed by atoms with Crippen LogP contribution >= 0.6 is 0 Å². The molecule has 14 heavy (non-hydrogen) atoms. The van der Waals surface area contributed by atoms with Gasteiger partial charge in [-0.05, 0) is 24.6 Å². The van der Waals surface area contributed by atoms with Crippen LogP contribution in [0, 0.1) is 18.8 Å². The van der Waals surface area contributed by atoms with Crippen LogP contribution in [0.15, 0.2) is 18.3 Å². The molecule has 0 saturated heterocycles. The third kappa shape index (κ3) is 1.48. The van der Waals surface area contributed by atoms with Crippen LogP contribution in [0.1, 0.15) is 11.1 Å². The first kappa shape index (κ1) is 8.79. The minimum Gasteiger partial charge on any atom is -0.384 e. The Labute approximate surface area is 81.8 Å². The molecule has 0 aliphatic heterocycles. The van der Waals surface area contributed by atoms with Crippen LogP contribution in [0.25, 0.3) is 10.9 Å². The Morgan fingerprint density at radius 3 is 3.14 bits per heavy atom. The third-order valence-corrected chi connectivity index (χ3v) is 2.09. The average molecular weight is 186 g/mol. The van der Waals surface area contributed by atoms with Crippen molar-refractivity contribution in [3.8, 4) is 11.8 Å². The first-order valence-corrected chi connectivity index (χ1v) is 4.34. The summed E-state index contributed by atoms with van der Waals surface area (Å²) in [6.45, 7) is 1.88. The zero-order valence-corrected chi connectivity index (χ0v) is 7.83. The molecular weight excluding hydrogens is 176 g/mol. The second-order valence-electron chi connectivity index (χ2n) is 3.08. The van der Waals surface area contributed by atoms with Crippen molar-refractivity contribution in [2.45, 2.75) is 6.92 Å². The van der Waals surface area contributed by atoms with Crippen molar-refractivity contribution in [2.24, 2.45) is 0 Å². The third-order valence-electron chi connectivity index (χ3n) is 2.09. The summed E-state index contributed by atoms with van der Waals surface area (Å²) < 4.78 is 0.